The molecule has 13 heteroatoms. The van der Waals surface area contributed by atoms with Crippen LogP contribution in [0.15, 0.2) is 83.2 Å². The van der Waals surface area contributed by atoms with Gasteiger partial charge in [0.05, 0.1) is 27.9 Å². The molecule has 1 aromatic carbocycles. The normalized spacial score (nSPS) is 10.9. The van der Waals surface area contributed by atoms with Crippen LogP contribution < -0.4 is 27.0 Å². The van der Waals surface area contributed by atoms with Gasteiger partial charge in [0.2, 0.25) is 5.91 Å². The first-order valence-electron chi connectivity index (χ1n) is 10.3. The molecule has 10 nitrogen and oxygen atoms in total. The highest BCUT2D eigenvalue weighted by atomic mass is 35.5. The number of aromatic nitrogens is 5. The minimum absolute atomic E-state index is 0. The summed E-state index contributed by atoms with van der Waals surface area (Å²) in [7, 11) is -3.78. The molecule has 3 aromatic heterocycles. The smallest absolute Gasteiger partial charge is 0.337 e. The highest BCUT2D eigenvalue weighted by Crippen LogP contribution is 2.19. The van der Waals surface area contributed by atoms with Crippen molar-refractivity contribution < 1.29 is 30.2 Å². The number of amides is 1. The lowest BCUT2D eigenvalue weighted by atomic mass is 10.2. The number of nitrogens with zero attached hydrogens (tertiary/aromatic N) is 4. The lowest BCUT2D eigenvalue weighted by molar-refractivity contribution is -0.719. The van der Waals surface area contributed by atoms with Crippen LogP contribution in [0.25, 0.3) is 11.4 Å². The number of halogens is 1. The lowest BCUT2D eigenvalue weighted by Crippen LogP contribution is -3.00. The predicted molar refractivity (Wildman–Crippen MR) is 129 cm³/mol. The average Bonchev–Trinajstić information content (AvgIpc) is 3.27. The fourth-order valence-electron chi connectivity index (χ4n) is 3.12. The van der Waals surface area contributed by atoms with Gasteiger partial charge in [0.25, 0.3) is 15.8 Å². The monoisotopic (exact) mass is 531 g/mol. The molecular formula is C22H22ClN7O3S2. The Morgan fingerprint density at radius 1 is 1.06 bits per heavy atom. The fraction of sp³-hybridized carbons (Fsp3) is 0.136. The van der Waals surface area contributed by atoms with Gasteiger partial charge in [0, 0.05) is 24.3 Å². The Balaban J connectivity index is 0.00000342. The zero-order valence-corrected chi connectivity index (χ0v) is 20.9. The molecule has 0 radical (unpaired) electrons. The fourth-order valence-corrected chi connectivity index (χ4v) is 4.94. The number of nitrogens with one attached hydrogen (secondary N) is 3. The number of hydrogen-bond acceptors (Lipinski definition) is 7. The number of hydrogen-bond donors (Lipinski definition) is 3. The van der Waals surface area contributed by atoms with Crippen molar-refractivity contribution in [3.8, 4) is 11.4 Å². The number of aromatic amines is 1. The highest BCUT2D eigenvalue weighted by molar-refractivity contribution is 7.99. The summed E-state index contributed by atoms with van der Waals surface area (Å²) >= 11 is 1.30. The van der Waals surface area contributed by atoms with E-state index in [2.05, 4.69) is 30.2 Å². The van der Waals surface area contributed by atoms with Crippen LogP contribution in [0.1, 0.15) is 6.92 Å². The van der Waals surface area contributed by atoms with Crippen molar-refractivity contribution in [2.75, 3.05) is 15.8 Å². The average molecular weight is 532 g/mol. The van der Waals surface area contributed by atoms with E-state index in [1.165, 1.54) is 42.2 Å². The molecule has 0 spiro atoms. The molecule has 0 saturated heterocycles. The summed E-state index contributed by atoms with van der Waals surface area (Å²) in [5.41, 5.74) is 1.44. The van der Waals surface area contributed by atoms with Gasteiger partial charge in [0.1, 0.15) is 5.82 Å². The first-order valence-corrected chi connectivity index (χ1v) is 12.8. The lowest BCUT2D eigenvalue weighted by Gasteiger charge is -2.08. The summed E-state index contributed by atoms with van der Waals surface area (Å²) in [5.74, 6) is 0.973. The maximum atomic E-state index is 12.5. The van der Waals surface area contributed by atoms with E-state index in [1.807, 2.05) is 23.6 Å². The van der Waals surface area contributed by atoms with Crippen molar-refractivity contribution in [1.29, 1.82) is 0 Å². The van der Waals surface area contributed by atoms with E-state index in [0.717, 1.165) is 11.4 Å². The van der Waals surface area contributed by atoms with Crippen LogP contribution in [0.4, 0.5) is 11.5 Å². The molecule has 0 fully saturated rings. The summed E-state index contributed by atoms with van der Waals surface area (Å²) < 4.78 is 29.4. The Morgan fingerprint density at radius 2 is 1.80 bits per heavy atom. The summed E-state index contributed by atoms with van der Waals surface area (Å²) in [6.07, 6.45) is 4.92. The maximum absolute atomic E-state index is 12.5. The van der Waals surface area contributed by atoms with Gasteiger partial charge in [-0.05, 0) is 67.2 Å². The third-order valence-electron chi connectivity index (χ3n) is 4.71. The topological polar surface area (TPSA) is 134 Å². The number of anilines is 2. The Kier molecular flexibility index (Phi) is 8.79. The molecule has 35 heavy (non-hydrogen) atoms. The van der Waals surface area contributed by atoms with E-state index < -0.39 is 10.0 Å². The SMILES string of the molecule is CC[n+]1c(SCC(=O)Nc2ccc(S(=O)(=O)Nc3ccccn3)cc2)n[nH]c1-c1ccncc1.[Cl-]. The third kappa shape index (κ3) is 6.56. The quantitative estimate of drug-likeness (QED) is 0.200. The van der Waals surface area contributed by atoms with E-state index in [9.17, 15) is 13.2 Å². The zero-order valence-electron chi connectivity index (χ0n) is 18.6. The zero-order chi connectivity index (χ0) is 24.0. The minimum Gasteiger partial charge on any atom is -1.00 e. The number of rotatable bonds is 9. The van der Waals surface area contributed by atoms with Crippen LogP contribution in [0, 0.1) is 0 Å². The Labute approximate surface area is 213 Å². The Morgan fingerprint density at radius 3 is 2.46 bits per heavy atom. The number of thioether (sulfide) groups is 1. The maximum Gasteiger partial charge on any atom is 0.337 e. The van der Waals surface area contributed by atoms with Crippen LogP contribution in [0.3, 0.4) is 0 Å². The molecule has 1 amide bonds. The summed E-state index contributed by atoms with van der Waals surface area (Å²) in [6, 6.07) is 14.6. The number of benzene rings is 1. The van der Waals surface area contributed by atoms with Gasteiger partial charge in [-0.3, -0.25) is 14.5 Å². The second kappa shape index (κ2) is 11.8. The largest absolute Gasteiger partial charge is 1.00 e. The molecule has 0 unspecified atom stereocenters. The third-order valence-corrected chi connectivity index (χ3v) is 7.06. The first kappa shape index (κ1) is 26.1. The number of sulfonamides is 1. The van der Waals surface area contributed by atoms with Crippen molar-refractivity contribution in [1.82, 2.24) is 20.2 Å². The standard InChI is InChI=1S/C22H21N7O3S2.ClH/c1-2-29-21(16-10-13-23-14-11-16)26-27-22(29)33-15-20(30)25-17-6-8-18(9-7-17)34(31,32)28-19-5-3-4-12-24-19;/h3-14H,2,15H2,1H3,(H2,24,25,28,30);1H. The van der Waals surface area contributed by atoms with Crippen LogP contribution in [-0.4, -0.2) is 40.2 Å². The van der Waals surface area contributed by atoms with Gasteiger partial charge in [-0.15, -0.1) is 5.10 Å². The van der Waals surface area contributed by atoms with E-state index in [4.69, 9.17) is 0 Å². The van der Waals surface area contributed by atoms with E-state index in [-0.39, 0.29) is 34.8 Å². The Hall–Kier alpha value is -3.48. The number of carbonyl (C=O) groups excluding carboxylic acids is 1. The van der Waals surface area contributed by atoms with Gasteiger partial charge >= 0.3 is 5.16 Å². The number of H-pyrrole nitrogens is 1. The van der Waals surface area contributed by atoms with Gasteiger partial charge < -0.3 is 17.7 Å². The molecule has 0 aliphatic carbocycles. The second-order valence-electron chi connectivity index (χ2n) is 7.02. The molecule has 3 heterocycles. The minimum atomic E-state index is -3.78. The van der Waals surface area contributed by atoms with Crippen molar-refractivity contribution in [2.24, 2.45) is 0 Å². The highest BCUT2D eigenvalue weighted by Gasteiger charge is 2.22. The van der Waals surface area contributed by atoms with E-state index in [0.29, 0.717) is 17.4 Å². The molecule has 0 bridgehead atoms. The van der Waals surface area contributed by atoms with Crippen molar-refractivity contribution in [2.45, 2.75) is 23.5 Å². The van der Waals surface area contributed by atoms with Gasteiger partial charge in [-0.25, -0.2) is 18.0 Å². The van der Waals surface area contributed by atoms with Crippen LogP contribution in [0.2, 0.25) is 0 Å². The predicted octanol–water partition coefficient (Wildman–Crippen LogP) is -0.290. The molecular weight excluding hydrogens is 510 g/mol. The number of carbonyl (C=O) groups is 1. The van der Waals surface area contributed by atoms with Gasteiger partial charge in [-0.2, -0.15) is 0 Å². The van der Waals surface area contributed by atoms with Crippen molar-refractivity contribution in [3.05, 3.63) is 73.2 Å². The summed E-state index contributed by atoms with van der Waals surface area (Å²) in [5, 5.41) is 10.8. The molecule has 3 N–H and O–H groups in total. The van der Waals surface area contributed by atoms with Crippen molar-refractivity contribution in [3.63, 3.8) is 0 Å². The first-order chi connectivity index (χ1) is 16.5. The molecule has 182 valence electrons. The summed E-state index contributed by atoms with van der Waals surface area (Å²) in [6.45, 7) is 2.68. The number of pyridine rings is 2. The molecule has 0 saturated carbocycles. The van der Waals surface area contributed by atoms with E-state index in [1.54, 1.807) is 30.6 Å². The van der Waals surface area contributed by atoms with E-state index >= 15 is 0 Å². The Bertz CT molecular complexity index is 1370. The molecule has 0 aliphatic rings. The molecule has 4 rings (SSSR count). The second-order valence-corrected chi connectivity index (χ2v) is 9.64. The van der Waals surface area contributed by atoms with Crippen LogP contribution in [0.5, 0.6) is 0 Å². The van der Waals surface area contributed by atoms with Crippen LogP contribution >= 0.6 is 11.8 Å². The van der Waals surface area contributed by atoms with Gasteiger partial charge in [-0.1, -0.05) is 6.07 Å². The van der Waals surface area contributed by atoms with Crippen molar-refractivity contribution >= 4 is 39.2 Å². The molecule has 0 atom stereocenters. The van der Waals surface area contributed by atoms with Crippen LogP contribution in [-0.2, 0) is 21.4 Å². The molecule has 0 aliphatic heterocycles. The molecule has 4 aromatic rings. The summed E-state index contributed by atoms with van der Waals surface area (Å²) in [4.78, 5) is 20.5. The van der Waals surface area contributed by atoms with Gasteiger partial charge in [0.15, 0.2) is 0 Å².